The third-order valence-electron chi connectivity index (χ3n) is 3.92. The van der Waals surface area contributed by atoms with Gasteiger partial charge in [-0.25, -0.2) is 0 Å². The molecule has 0 amide bonds. The van der Waals surface area contributed by atoms with Crippen molar-refractivity contribution in [2.24, 2.45) is 0 Å². The Balaban J connectivity index is 2.08. The highest BCUT2D eigenvalue weighted by molar-refractivity contribution is 7.81. The van der Waals surface area contributed by atoms with Crippen molar-refractivity contribution >= 4 is 57.3 Å². The van der Waals surface area contributed by atoms with Crippen LogP contribution in [0.4, 0.5) is 5.69 Å². The van der Waals surface area contributed by atoms with E-state index in [-0.39, 0.29) is 5.76 Å². The van der Waals surface area contributed by atoms with Gasteiger partial charge in [0.05, 0.1) is 4.34 Å². The third-order valence-corrected chi connectivity index (χ3v) is 5.45. The average molecular weight is 401 g/mol. The summed E-state index contributed by atoms with van der Waals surface area (Å²) in [6, 6.07) is 15.1. The molecule has 1 N–H and O–H groups in total. The monoisotopic (exact) mass is 400 g/mol. The van der Waals surface area contributed by atoms with Crippen LogP contribution in [0, 0.1) is 13.8 Å². The second-order valence-electron chi connectivity index (χ2n) is 5.79. The first-order chi connectivity index (χ1) is 12.5. The number of aromatic nitrogens is 1. The fraction of sp³-hybridized carbons (Fsp3) is 0.100. The van der Waals surface area contributed by atoms with Crippen molar-refractivity contribution in [2.75, 3.05) is 5.32 Å². The molecule has 0 aliphatic heterocycles. The molecule has 132 valence electrons. The van der Waals surface area contributed by atoms with Gasteiger partial charge in [0.15, 0.2) is 17.4 Å². The summed E-state index contributed by atoms with van der Waals surface area (Å²) in [6.45, 7) is 4.02. The summed E-state index contributed by atoms with van der Waals surface area (Å²) in [5.41, 5.74) is 3.44. The molecule has 0 spiro atoms. The molecule has 0 saturated heterocycles. The number of nitrogens with zero attached hydrogens (tertiary/aromatic N) is 1. The van der Waals surface area contributed by atoms with E-state index >= 15 is 0 Å². The van der Waals surface area contributed by atoms with Gasteiger partial charge in [0, 0.05) is 22.7 Å². The van der Waals surface area contributed by atoms with E-state index in [4.69, 9.17) is 23.8 Å². The fourth-order valence-electron chi connectivity index (χ4n) is 2.62. The largest absolute Gasteiger partial charge is 0.867 e. The average Bonchev–Trinajstić information content (AvgIpc) is 3.06. The number of pyridine rings is 1. The Bertz CT molecular complexity index is 960. The molecule has 0 aliphatic rings. The number of thiophene rings is 1. The van der Waals surface area contributed by atoms with E-state index in [1.165, 1.54) is 11.3 Å². The number of rotatable bonds is 4. The van der Waals surface area contributed by atoms with Crippen molar-refractivity contribution in [2.45, 2.75) is 13.8 Å². The van der Waals surface area contributed by atoms with Gasteiger partial charge in [0.25, 0.3) is 0 Å². The molecule has 0 unspecified atom stereocenters. The number of hydrogen-bond acceptors (Lipinski definition) is 3. The SMILES string of the molecule is Cc1cccc(C)c1NC(=S)C(=C([O-])c1ccc(Cl)s1)[n+]1ccccc1. The van der Waals surface area contributed by atoms with E-state index in [2.05, 4.69) is 5.32 Å². The lowest BCUT2D eigenvalue weighted by molar-refractivity contribution is -0.577. The van der Waals surface area contributed by atoms with E-state index in [9.17, 15) is 5.11 Å². The molecule has 0 bridgehead atoms. The molecule has 3 nitrogen and oxygen atoms in total. The Morgan fingerprint density at radius 3 is 2.27 bits per heavy atom. The van der Waals surface area contributed by atoms with Crippen LogP contribution in [0.2, 0.25) is 4.34 Å². The summed E-state index contributed by atoms with van der Waals surface area (Å²) < 4.78 is 2.30. The Hall–Kier alpha value is -2.21. The van der Waals surface area contributed by atoms with Crippen LogP contribution in [0.5, 0.6) is 0 Å². The zero-order valence-electron chi connectivity index (χ0n) is 14.3. The summed E-state index contributed by atoms with van der Waals surface area (Å²) in [7, 11) is 0. The van der Waals surface area contributed by atoms with Gasteiger partial charge >= 0.3 is 0 Å². The maximum absolute atomic E-state index is 13.1. The number of halogens is 1. The minimum Gasteiger partial charge on any atom is -0.867 e. The van der Waals surface area contributed by atoms with Gasteiger partial charge in [-0.2, -0.15) is 4.57 Å². The number of thiocarbonyl (C=S) groups is 1. The lowest BCUT2D eigenvalue weighted by Gasteiger charge is -2.17. The normalized spacial score (nSPS) is 11.8. The number of benzene rings is 1. The summed E-state index contributed by atoms with van der Waals surface area (Å²) in [5.74, 6) is -0.165. The highest BCUT2D eigenvalue weighted by atomic mass is 35.5. The lowest BCUT2D eigenvalue weighted by atomic mass is 10.1. The number of hydrogen-bond donors (Lipinski definition) is 1. The highest BCUT2D eigenvalue weighted by Crippen LogP contribution is 2.28. The van der Waals surface area contributed by atoms with Gasteiger partial charge in [-0.15, -0.1) is 11.3 Å². The molecular weight excluding hydrogens is 384 g/mol. The van der Waals surface area contributed by atoms with Crippen LogP contribution in [0.15, 0.2) is 60.9 Å². The molecule has 0 fully saturated rings. The summed E-state index contributed by atoms with van der Waals surface area (Å²) in [5, 5.41) is 16.4. The molecule has 0 atom stereocenters. The number of anilines is 1. The first-order valence-corrected chi connectivity index (χ1v) is 9.59. The molecule has 0 aliphatic carbocycles. The Morgan fingerprint density at radius 1 is 1.04 bits per heavy atom. The molecule has 3 rings (SSSR count). The molecule has 2 aromatic heterocycles. The summed E-state index contributed by atoms with van der Waals surface area (Å²) in [6.07, 6.45) is 3.61. The van der Waals surface area contributed by atoms with Crippen molar-refractivity contribution in [3.05, 3.63) is 81.3 Å². The Labute approximate surface area is 167 Å². The maximum atomic E-state index is 13.1. The van der Waals surface area contributed by atoms with Gasteiger partial charge in [-0.1, -0.05) is 48.1 Å². The number of aryl methyl sites for hydroxylation is 2. The Kier molecular flexibility index (Phi) is 5.71. The molecule has 0 saturated carbocycles. The zero-order valence-corrected chi connectivity index (χ0v) is 16.7. The predicted octanol–water partition coefficient (Wildman–Crippen LogP) is 4.43. The fourth-order valence-corrected chi connectivity index (χ4v) is 3.91. The third kappa shape index (κ3) is 3.96. The van der Waals surface area contributed by atoms with Gasteiger partial charge in [0.1, 0.15) is 0 Å². The molecular formula is C20H17ClN2OS2. The standard InChI is InChI=1S/C20H17ClN2OS2/c1-13-7-6-8-14(2)17(13)22-20(25)18(23-11-4-3-5-12-23)19(24)15-9-10-16(21)26-15/h3-12H,1-2H3,(H-,22,24,25). The zero-order chi connectivity index (χ0) is 18.7. The summed E-state index contributed by atoms with van der Waals surface area (Å²) >= 11 is 12.9. The van der Waals surface area contributed by atoms with Crippen LogP contribution in [0.1, 0.15) is 16.0 Å². The van der Waals surface area contributed by atoms with Gasteiger partial charge in [-0.05, 0) is 42.9 Å². The molecule has 6 heteroatoms. The van der Waals surface area contributed by atoms with Crippen molar-refractivity contribution < 1.29 is 9.67 Å². The van der Waals surface area contributed by atoms with Gasteiger partial charge in [0.2, 0.25) is 5.70 Å². The first kappa shape index (κ1) is 18.6. The first-order valence-electron chi connectivity index (χ1n) is 7.98. The number of para-hydroxylation sites is 1. The van der Waals surface area contributed by atoms with E-state index in [0.29, 0.717) is 19.9 Å². The minimum absolute atomic E-state index is 0.165. The predicted molar refractivity (Wildman–Crippen MR) is 111 cm³/mol. The second kappa shape index (κ2) is 7.99. The van der Waals surface area contributed by atoms with Crippen LogP contribution >= 0.6 is 35.2 Å². The van der Waals surface area contributed by atoms with Crippen LogP contribution in [-0.2, 0) is 0 Å². The van der Waals surface area contributed by atoms with Crippen molar-refractivity contribution in [3.8, 4) is 0 Å². The molecule has 2 heterocycles. The van der Waals surface area contributed by atoms with E-state index in [0.717, 1.165) is 16.8 Å². The topological polar surface area (TPSA) is 39.0 Å². The highest BCUT2D eigenvalue weighted by Gasteiger charge is 2.20. The van der Waals surface area contributed by atoms with Crippen LogP contribution in [0.3, 0.4) is 0 Å². The molecule has 1 aromatic carbocycles. The smallest absolute Gasteiger partial charge is 0.239 e. The summed E-state index contributed by atoms with van der Waals surface area (Å²) in [4.78, 5) is 0.917. The van der Waals surface area contributed by atoms with Crippen LogP contribution in [-0.4, -0.2) is 4.99 Å². The van der Waals surface area contributed by atoms with E-state index in [1.54, 1.807) is 29.1 Å². The lowest BCUT2D eigenvalue weighted by Crippen LogP contribution is -2.39. The minimum atomic E-state index is -0.165. The van der Waals surface area contributed by atoms with Crippen molar-refractivity contribution in [1.82, 2.24) is 0 Å². The Morgan fingerprint density at radius 2 is 1.69 bits per heavy atom. The second-order valence-corrected chi connectivity index (χ2v) is 7.91. The van der Waals surface area contributed by atoms with Gasteiger partial charge in [-0.3, -0.25) is 0 Å². The quantitative estimate of drug-likeness (QED) is 0.305. The number of nitrogens with one attached hydrogen (secondary N) is 1. The van der Waals surface area contributed by atoms with Crippen LogP contribution in [0.25, 0.3) is 11.5 Å². The molecule has 3 aromatic rings. The van der Waals surface area contributed by atoms with Gasteiger partial charge < -0.3 is 10.4 Å². The molecule has 26 heavy (non-hydrogen) atoms. The molecule has 0 radical (unpaired) electrons. The van der Waals surface area contributed by atoms with E-state index in [1.807, 2.05) is 50.2 Å². The van der Waals surface area contributed by atoms with E-state index < -0.39 is 0 Å². The van der Waals surface area contributed by atoms with Crippen molar-refractivity contribution in [1.29, 1.82) is 0 Å². The maximum Gasteiger partial charge on any atom is 0.239 e. The van der Waals surface area contributed by atoms with Crippen LogP contribution < -0.4 is 15.0 Å². The van der Waals surface area contributed by atoms with Crippen molar-refractivity contribution in [3.63, 3.8) is 0 Å².